The van der Waals surface area contributed by atoms with Gasteiger partial charge in [-0.15, -0.1) is 0 Å². The van der Waals surface area contributed by atoms with Gasteiger partial charge in [-0.1, -0.05) is 13.3 Å². The molecule has 0 bridgehead atoms. The summed E-state index contributed by atoms with van der Waals surface area (Å²) in [5, 5.41) is 3.66. The highest BCUT2D eigenvalue weighted by Crippen LogP contribution is 2.36. The van der Waals surface area contributed by atoms with Crippen LogP contribution in [0.2, 0.25) is 0 Å². The first kappa shape index (κ1) is 15.3. The molecule has 0 saturated heterocycles. The van der Waals surface area contributed by atoms with E-state index in [-0.39, 0.29) is 0 Å². The van der Waals surface area contributed by atoms with Gasteiger partial charge in [0, 0.05) is 18.1 Å². The molecule has 4 heteroatoms. The molecule has 0 aromatic carbocycles. The summed E-state index contributed by atoms with van der Waals surface area (Å²) in [6.45, 7) is 3.50. The summed E-state index contributed by atoms with van der Waals surface area (Å²) in [7, 11) is -2.79. The normalized spacial score (nSPS) is 32.4. The Kier molecular flexibility index (Phi) is 5.29. The molecule has 0 aromatic heterocycles. The van der Waals surface area contributed by atoms with Gasteiger partial charge >= 0.3 is 0 Å². The summed E-state index contributed by atoms with van der Waals surface area (Å²) in [4.78, 5) is 0. The van der Waals surface area contributed by atoms with Gasteiger partial charge in [0.1, 0.15) is 9.84 Å². The van der Waals surface area contributed by atoms with Crippen molar-refractivity contribution in [1.82, 2.24) is 5.32 Å². The average Bonchev–Trinajstić information content (AvgIpc) is 3.10. The predicted molar refractivity (Wildman–Crippen MR) is 80.0 cm³/mol. The van der Waals surface area contributed by atoms with Crippen LogP contribution in [-0.2, 0) is 9.84 Å². The molecule has 3 nitrogen and oxygen atoms in total. The lowest BCUT2D eigenvalue weighted by molar-refractivity contribution is 0.173. The van der Waals surface area contributed by atoms with Gasteiger partial charge < -0.3 is 5.32 Å². The zero-order valence-corrected chi connectivity index (χ0v) is 13.2. The van der Waals surface area contributed by atoms with Gasteiger partial charge in [-0.25, -0.2) is 8.42 Å². The molecular formula is C15H29NO2S. The maximum absolute atomic E-state index is 11.2. The third kappa shape index (κ3) is 5.82. The molecule has 2 rings (SSSR count). The quantitative estimate of drug-likeness (QED) is 0.783. The second kappa shape index (κ2) is 6.57. The van der Waals surface area contributed by atoms with Crippen LogP contribution in [0.1, 0.15) is 51.9 Å². The summed E-state index contributed by atoms with van der Waals surface area (Å²) in [5.41, 5.74) is 0. The van der Waals surface area contributed by atoms with E-state index in [9.17, 15) is 8.42 Å². The molecule has 2 aliphatic rings. The number of sulfone groups is 1. The second-order valence-electron chi connectivity index (χ2n) is 6.89. The van der Waals surface area contributed by atoms with Crippen LogP contribution in [0.3, 0.4) is 0 Å². The van der Waals surface area contributed by atoms with Gasteiger partial charge in [-0.05, 0) is 62.8 Å². The number of hydrogen-bond acceptors (Lipinski definition) is 3. The Morgan fingerprint density at radius 1 is 1.11 bits per heavy atom. The van der Waals surface area contributed by atoms with Crippen LogP contribution in [0.4, 0.5) is 0 Å². The fraction of sp³-hybridized carbons (Fsp3) is 1.00. The Bertz CT molecular complexity index is 376. The van der Waals surface area contributed by atoms with Crippen LogP contribution in [0, 0.1) is 17.8 Å². The van der Waals surface area contributed by atoms with Crippen molar-refractivity contribution >= 4 is 9.84 Å². The lowest BCUT2D eigenvalue weighted by Gasteiger charge is -2.35. The molecule has 1 N–H and O–H groups in total. The second-order valence-corrected chi connectivity index (χ2v) is 9.15. The number of rotatable bonds is 7. The van der Waals surface area contributed by atoms with E-state index in [0.717, 1.165) is 43.2 Å². The first-order chi connectivity index (χ1) is 8.94. The highest BCUT2D eigenvalue weighted by Gasteiger charge is 2.30. The van der Waals surface area contributed by atoms with Crippen molar-refractivity contribution in [3.8, 4) is 0 Å². The highest BCUT2D eigenvalue weighted by atomic mass is 32.2. The standard InChI is InChI=1S/C15H29NO2S/c1-12-5-6-14(11-16-15-7-8-15)13(10-12)4-3-9-19(2,17)18/h12-16H,3-11H2,1-2H3. The Hall–Kier alpha value is -0.0900. The summed E-state index contributed by atoms with van der Waals surface area (Å²) in [5.74, 6) is 2.69. The summed E-state index contributed by atoms with van der Waals surface area (Å²) in [6, 6.07) is 0.788. The topological polar surface area (TPSA) is 46.2 Å². The highest BCUT2D eigenvalue weighted by molar-refractivity contribution is 7.90. The molecule has 112 valence electrons. The first-order valence-electron chi connectivity index (χ1n) is 7.85. The zero-order valence-electron chi connectivity index (χ0n) is 12.4. The number of nitrogens with one attached hydrogen (secondary N) is 1. The minimum absolute atomic E-state index is 0.362. The van der Waals surface area contributed by atoms with E-state index in [1.807, 2.05) is 0 Å². The van der Waals surface area contributed by atoms with Crippen LogP contribution in [0.5, 0.6) is 0 Å². The van der Waals surface area contributed by atoms with E-state index < -0.39 is 9.84 Å². The minimum Gasteiger partial charge on any atom is -0.314 e. The Morgan fingerprint density at radius 2 is 1.84 bits per heavy atom. The Labute approximate surface area is 118 Å². The predicted octanol–water partition coefficient (Wildman–Crippen LogP) is 2.62. The summed E-state index contributed by atoms with van der Waals surface area (Å²) < 4.78 is 22.5. The van der Waals surface area contributed by atoms with Crippen LogP contribution in [0.15, 0.2) is 0 Å². The smallest absolute Gasteiger partial charge is 0.147 e. The van der Waals surface area contributed by atoms with Gasteiger partial charge in [0.15, 0.2) is 0 Å². The molecule has 0 radical (unpaired) electrons. The van der Waals surface area contributed by atoms with Crippen LogP contribution in [-0.4, -0.2) is 33.0 Å². The van der Waals surface area contributed by atoms with E-state index in [4.69, 9.17) is 0 Å². The molecule has 0 aliphatic heterocycles. The van der Waals surface area contributed by atoms with Crippen LogP contribution < -0.4 is 5.32 Å². The molecule has 0 spiro atoms. The van der Waals surface area contributed by atoms with Crippen molar-refractivity contribution in [2.45, 2.75) is 57.9 Å². The van der Waals surface area contributed by atoms with Crippen molar-refractivity contribution < 1.29 is 8.42 Å². The van der Waals surface area contributed by atoms with E-state index in [1.54, 1.807) is 0 Å². The van der Waals surface area contributed by atoms with Gasteiger partial charge in [-0.2, -0.15) is 0 Å². The summed E-state index contributed by atoms with van der Waals surface area (Å²) >= 11 is 0. The monoisotopic (exact) mass is 287 g/mol. The van der Waals surface area contributed by atoms with Gasteiger partial charge in [-0.3, -0.25) is 0 Å². The van der Waals surface area contributed by atoms with Crippen molar-refractivity contribution in [3.63, 3.8) is 0 Å². The SMILES string of the molecule is CC1CCC(CNC2CC2)C(CCCS(C)(=O)=O)C1. The minimum atomic E-state index is -2.79. The van der Waals surface area contributed by atoms with E-state index in [0.29, 0.717) is 5.75 Å². The average molecular weight is 287 g/mol. The molecule has 0 heterocycles. The maximum atomic E-state index is 11.2. The third-order valence-corrected chi connectivity index (χ3v) is 5.77. The van der Waals surface area contributed by atoms with Crippen molar-refractivity contribution in [2.24, 2.45) is 17.8 Å². The fourth-order valence-corrected chi connectivity index (χ4v) is 4.09. The van der Waals surface area contributed by atoms with Gasteiger partial charge in [0.25, 0.3) is 0 Å². The molecule has 0 amide bonds. The Morgan fingerprint density at radius 3 is 2.47 bits per heavy atom. The fourth-order valence-electron chi connectivity index (χ4n) is 3.40. The number of hydrogen-bond donors (Lipinski definition) is 1. The molecule has 2 aliphatic carbocycles. The lowest BCUT2D eigenvalue weighted by Crippen LogP contribution is -2.33. The molecule has 3 atom stereocenters. The lowest BCUT2D eigenvalue weighted by atomic mass is 9.73. The molecule has 2 fully saturated rings. The molecule has 0 aromatic rings. The van der Waals surface area contributed by atoms with Crippen molar-refractivity contribution in [3.05, 3.63) is 0 Å². The third-order valence-electron chi connectivity index (χ3n) is 4.74. The molecule has 19 heavy (non-hydrogen) atoms. The van der Waals surface area contributed by atoms with Crippen LogP contribution in [0.25, 0.3) is 0 Å². The molecule has 2 saturated carbocycles. The van der Waals surface area contributed by atoms with Crippen LogP contribution >= 0.6 is 0 Å². The molecule has 3 unspecified atom stereocenters. The van der Waals surface area contributed by atoms with Gasteiger partial charge in [0.05, 0.1) is 0 Å². The molecular weight excluding hydrogens is 258 g/mol. The summed E-state index contributed by atoms with van der Waals surface area (Å²) in [6.07, 6.45) is 9.95. The van der Waals surface area contributed by atoms with Crippen molar-refractivity contribution in [1.29, 1.82) is 0 Å². The van der Waals surface area contributed by atoms with Crippen molar-refractivity contribution in [2.75, 3.05) is 18.6 Å². The first-order valence-corrected chi connectivity index (χ1v) is 9.91. The largest absolute Gasteiger partial charge is 0.314 e. The van der Waals surface area contributed by atoms with E-state index in [1.165, 1.54) is 38.4 Å². The Balaban J connectivity index is 1.77. The van der Waals surface area contributed by atoms with E-state index in [2.05, 4.69) is 12.2 Å². The van der Waals surface area contributed by atoms with E-state index >= 15 is 0 Å². The zero-order chi connectivity index (χ0) is 13.9. The van der Waals surface area contributed by atoms with Gasteiger partial charge in [0.2, 0.25) is 0 Å². The maximum Gasteiger partial charge on any atom is 0.147 e.